The Bertz CT molecular complexity index is 256. The van der Waals surface area contributed by atoms with Crippen LogP contribution in [0.2, 0.25) is 0 Å². The summed E-state index contributed by atoms with van der Waals surface area (Å²) in [5.74, 6) is 1.08. The van der Waals surface area contributed by atoms with E-state index in [1.165, 1.54) is 0 Å². The van der Waals surface area contributed by atoms with Gasteiger partial charge in [-0.25, -0.2) is 0 Å². The molecule has 0 bridgehead atoms. The predicted molar refractivity (Wildman–Crippen MR) is 56.8 cm³/mol. The van der Waals surface area contributed by atoms with Crippen LogP contribution in [0, 0.1) is 0 Å². The lowest BCUT2D eigenvalue weighted by atomic mass is 10.3. The molecule has 0 radical (unpaired) electrons. The summed E-state index contributed by atoms with van der Waals surface area (Å²) in [5, 5.41) is 9.04. The van der Waals surface area contributed by atoms with Crippen molar-refractivity contribution in [2.75, 3.05) is 27.2 Å². The van der Waals surface area contributed by atoms with Gasteiger partial charge in [0, 0.05) is 6.54 Å². The molecule has 1 aromatic carbocycles. The summed E-state index contributed by atoms with van der Waals surface area (Å²) in [4.78, 5) is 2.13. The van der Waals surface area contributed by atoms with Crippen LogP contribution in [0.1, 0.15) is 6.42 Å². The van der Waals surface area contributed by atoms with Crippen LogP contribution in [-0.2, 0) is 0 Å². The number of benzene rings is 1. The molecule has 0 aliphatic rings. The van der Waals surface area contributed by atoms with Crippen molar-refractivity contribution in [3.63, 3.8) is 0 Å². The molecule has 1 N–H and O–H groups in total. The molecule has 0 aromatic heterocycles. The maximum atomic E-state index is 9.04. The Balaban J connectivity index is 2.21. The van der Waals surface area contributed by atoms with E-state index in [4.69, 9.17) is 9.84 Å². The predicted octanol–water partition coefficient (Wildman–Crippen LogP) is 1.72. The Morgan fingerprint density at radius 2 is 1.86 bits per heavy atom. The second-order valence-corrected chi connectivity index (χ2v) is 3.50. The van der Waals surface area contributed by atoms with E-state index in [-0.39, 0.29) is 5.75 Å². The molecule has 0 spiro atoms. The third-order valence-electron chi connectivity index (χ3n) is 1.86. The summed E-state index contributed by atoms with van der Waals surface area (Å²) in [6, 6.07) is 6.79. The minimum absolute atomic E-state index is 0.269. The highest BCUT2D eigenvalue weighted by atomic mass is 16.5. The summed E-state index contributed by atoms with van der Waals surface area (Å²) in [5.41, 5.74) is 0. The van der Waals surface area contributed by atoms with Gasteiger partial charge >= 0.3 is 0 Å². The molecule has 0 heterocycles. The Morgan fingerprint density at radius 3 is 2.43 bits per heavy atom. The quantitative estimate of drug-likeness (QED) is 0.726. The van der Waals surface area contributed by atoms with Crippen molar-refractivity contribution >= 4 is 0 Å². The Morgan fingerprint density at radius 1 is 1.21 bits per heavy atom. The highest BCUT2D eigenvalue weighted by Gasteiger charge is 1.94. The van der Waals surface area contributed by atoms with Gasteiger partial charge in [0.25, 0.3) is 0 Å². The van der Waals surface area contributed by atoms with Crippen LogP contribution in [-0.4, -0.2) is 37.3 Å². The Labute approximate surface area is 84.9 Å². The fourth-order valence-corrected chi connectivity index (χ4v) is 1.11. The molecule has 3 heteroatoms. The first-order valence-electron chi connectivity index (χ1n) is 4.75. The standard InChI is InChI=1S/C11H17NO2/c1-12(2)8-3-9-14-11-6-4-10(13)5-7-11/h4-7,13H,3,8-9H2,1-2H3. The molecule has 3 nitrogen and oxygen atoms in total. The van der Waals surface area contributed by atoms with E-state index in [1.54, 1.807) is 24.3 Å². The molecule has 0 aliphatic carbocycles. The van der Waals surface area contributed by atoms with E-state index >= 15 is 0 Å². The largest absolute Gasteiger partial charge is 0.508 e. The van der Waals surface area contributed by atoms with Crippen molar-refractivity contribution in [3.05, 3.63) is 24.3 Å². The van der Waals surface area contributed by atoms with Crippen molar-refractivity contribution in [2.24, 2.45) is 0 Å². The molecule has 78 valence electrons. The number of ether oxygens (including phenoxy) is 1. The van der Waals surface area contributed by atoms with E-state index in [2.05, 4.69) is 4.90 Å². The minimum atomic E-state index is 0.269. The molecule has 0 saturated heterocycles. The van der Waals surface area contributed by atoms with Crippen LogP contribution >= 0.6 is 0 Å². The molecule has 0 saturated carbocycles. The monoisotopic (exact) mass is 195 g/mol. The molecule has 14 heavy (non-hydrogen) atoms. The number of hydrogen-bond donors (Lipinski definition) is 1. The zero-order chi connectivity index (χ0) is 10.4. The van der Waals surface area contributed by atoms with Crippen molar-refractivity contribution in [1.82, 2.24) is 4.90 Å². The maximum Gasteiger partial charge on any atom is 0.119 e. The molecule has 0 atom stereocenters. The van der Waals surface area contributed by atoms with Crippen LogP contribution in [0.3, 0.4) is 0 Å². The lowest BCUT2D eigenvalue weighted by Crippen LogP contribution is -2.15. The topological polar surface area (TPSA) is 32.7 Å². The molecule has 0 amide bonds. The SMILES string of the molecule is CN(C)CCCOc1ccc(O)cc1. The first-order valence-corrected chi connectivity index (χ1v) is 4.75. The van der Waals surface area contributed by atoms with E-state index in [0.29, 0.717) is 6.61 Å². The zero-order valence-electron chi connectivity index (χ0n) is 8.73. The van der Waals surface area contributed by atoms with Gasteiger partial charge in [-0.15, -0.1) is 0 Å². The second kappa shape index (κ2) is 5.50. The normalized spacial score (nSPS) is 10.5. The van der Waals surface area contributed by atoms with Gasteiger partial charge in [-0.05, 0) is 44.8 Å². The smallest absolute Gasteiger partial charge is 0.119 e. The number of phenolic OH excluding ortho intramolecular Hbond substituents is 1. The van der Waals surface area contributed by atoms with Crippen LogP contribution in [0.25, 0.3) is 0 Å². The zero-order valence-corrected chi connectivity index (χ0v) is 8.73. The average Bonchev–Trinajstić information content (AvgIpc) is 2.15. The Kier molecular flexibility index (Phi) is 4.26. The number of nitrogens with zero attached hydrogens (tertiary/aromatic N) is 1. The number of rotatable bonds is 5. The van der Waals surface area contributed by atoms with Crippen molar-refractivity contribution in [2.45, 2.75) is 6.42 Å². The average molecular weight is 195 g/mol. The highest BCUT2D eigenvalue weighted by Crippen LogP contribution is 2.15. The van der Waals surface area contributed by atoms with Crippen molar-refractivity contribution in [1.29, 1.82) is 0 Å². The van der Waals surface area contributed by atoms with Crippen LogP contribution < -0.4 is 4.74 Å². The summed E-state index contributed by atoms with van der Waals surface area (Å²) in [6.45, 7) is 1.74. The molecular formula is C11H17NO2. The van der Waals surface area contributed by atoms with E-state index in [0.717, 1.165) is 18.7 Å². The van der Waals surface area contributed by atoms with Gasteiger partial charge in [-0.3, -0.25) is 0 Å². The van der Waals surface area contributed by atoms with Crippen LogP contribution in [0.4, 0.5) is 0 Å². The summed E-state index contributed by atoms with van der Waals surface area (Å²) in [7, 11) is 4.08. The second-order valence-electron chi connectivity index (χ2n) is 3.50. The molecule has 0 aliphatic heterocycles. The maximum absolute atomic E-state index is 9.04. The molecule has 1 aromatic rings. The first-order chi connectivity index (χ1) is 6.68. The van der Waals surface area contributed by atoms with Gasteiger partial charge in [-0.2, -0.15) is 0 Å². The van der Waals surface area contributed by atoms with E-state index < -0.39 is 0 Å². The van der Waals surface area contributed by atoms with Crippen molar-refractivity contribution < 1.29 is 9.84 Å². The summed E-state index contributed by atoms with van der Waals surface area (Å²) in [6.07, 6.45) is 1.01. The highest BCUT2D eigenvalue weighted by molar-refractivity contribution is 5.29. The van der Waals surface area contributed by atoms with Gasteiger partial charge < -0.3 is 14.7 Å². The summed E-state index contributed by atoms with van der Waals surface area (Å²) >= 11 is 0. The lowest BCUT2D eigenvalue weighted by molar-refractivity contribution is 0.281. The van der Waals surface area contributed by atoms with Gasteiger partial charge in [0.15, 0.2) is 0 Å². The van der Waals surface area contributed by atoms with Crippen LogP contribution in [0.15, 0.2) is 24.3 Å². The third kappa shape index (κ3) is 4.14. The van der Waals surface area contributed by atoms with Gasteiger partial charge in [-0.1, -0.05) is 0 Å². The van der Waals surface area contributed by atoms with Gasteiger partial charge in [0.1, 0.15) is 11.5 Å². The lowest BCUT2D eigenvalue weighted by Gasteiger charge is -2.10. The van der Waals surface area contributed by atoms with E-state index in [9.17, 15) is 0 Å². The Hall–Kier alpha value is -1.22. The van der Waals surface area contributed by atoms with Gasteiger partial charge in [0.05, 0.1) is 6.61 Å². The minimum Gasteiger partial charge on any atom is -0.508 e. The fourth-order valence-electron chi connectivity index (χ4n) is 1.11. The van der Waals surface area contributed by atoms with Crippen molar-refractivity contribution in [3.8, 4) is 11.5 Å². The number of phenols is 1. The summed E-state index contributed by atoms with van der Waals surface area (Å²) < 4.78 is 5.47. The van der Waals surface area contributed by atoms with Crippen LogP contribution in [0.5, 0.6) is 11.5 Å². The number of aromatic hydroxyl groups is 1. The molecule has 0 fully saturated rings. The molecule has 1 rings (SSSR count). The molecule has 0 unspecified atom stereocenters. The number of hydrogen-bond acceptors (Lipinski definition) is 3. The fraction of sp³-hybridized carbons (Fsp3) is 0.455. The van der Waals surface area contributed by atoms with Gasteiger partial charge in [0.2, 0.25) is 0 Å². The first kappa shape index (κ1) is 10.9. The van der Waals surface area contributed by atoms with E-state index in [1.807, 2.05) is 14.1 Å². The molecular weight excluding hydrogens is 178 g/mol. The third-order valence-corrected chi connectivity index (χ3v) is 1.86.